The van der Waals surface area contributed by atoms with E-state index in [9.17, 15) is 14.7 Å². The molecule has 148 valence electrons. The van der Waals surface area contributed by atoms with Gasteiger partial charge in [-0.3, -0.25) is 4.79 Å². The quantitative estimate of drug-likeness (QED) is 0.783. The van der Waals surface area contributed by atoms with Crippen molar-refractivity contribution >= 4 is 53.3 Å². The number of piperazine rings is 1. The molecule has 0 unspecified atom stereocenters. The Labute approximate surface area is 168 Å². The highest BCUT2D eigenvalue weighted by atomic mass is 35.5. The summed E-state index contributed by atoms with van der Waals surface area (Å²) in [5.41, 5.74) is 6.37. The lowest BCUT2D eigenvalue weighted by atomic mass is 10.1. The van der Waals surface area contributed by atoms with E-state index in [1.54, 1.807) is 6.07 Å². The zero-order valence-corrected chi connectivity index (χ0v) is 16.6. The highest BCUT2D eigenvalue weighted by Gasteiger charge is 2.28. The van der Waals surface area contributed by atoms with Gasteiger partial charge in [0.05, 0.1) is 11.1 Å². The van der Waals surface area contributed by atoms with E-state index < -0.39 is 11.4 Å². The molecule has 2 aromatic heterocycles. The first kappa shape index (κ1) is 21.3. The van der Waals surface area contributed by atoms with E-state index in [2.05, 4.69) is 16.8 Å². The molecule has 0 amide bonds. The molecule has 0 radical (unpaired) electrons. The van der Waals surface area contributed by atoms with Gasteiger partial charge in [0.15, 0.2) is 5.82 Å². The molecule has 1 saturated heterocycles. The van der Waals surface area contributed by atoms with Crippen LogP contribution in [0.15, 0.2) is 17.1 Å². The van der Waals surface area contributed by atoms with Crippen LogP contribution in [0.25, 0.3) is 11.0 Å². The second kappa shape index (κ2) is 7.92. The number of hydrogen-bond donors (Lipinski definition) is 2. The van der Waals surface area contributed by atoms with Crippen molar-refractivity contribution < 1.29 is 9.90 Å². The van der Waals surface area contributed by atoms with Crippen molar-refractivity contribution in [2.24, 2.45) is 0 Å². The van der Waals surface area contributed by atoms with Crippen LogP contribution < -0.4 is 16.1 Å². The Balaban J connectivity index is 0.00000131. The number of carboxylic acid groups (broad SMARTS) is 1. The van der Waals surface area contributed by atoms with Crippen molar-refractivity contribution in [1.82, 2.24) is 14.5 Å². The van der Waals surface area contributed by atoms with E-state index in [0.717, 1.165) is 39.0 Å². The number of likely N-dealkylation sites (N-methyl/N-ethyl adjacent to an activating group) is 1. The molecule has 8 nitrogen and oxygen atoms in total. The van der Waals surface area contributed by atoms with Gasteiger partial charge in [-0.1, -0.05) is 0 Å². The van der Waals surface area contributed by atoms with Crippen molar-refractivity contribution in [3.8, 4) is 0 Å². The molecular weight excluding hydrogens is 393 g/mol. The normalized spacial score (nSPS) is 17.3. The number of aromatic carboxylic acids is 1. The number of carboxylic acids is 1. The molecule has 2 aliphatic rings. The molecule has 0 atom stereocenters. The lowest BCUT2D eigenvalue weighted by Gasteiger charge is -2.34. The van der Waals surface area contributed by atoms with Crippen LogP contribution in [-0.4, -0.2) is 58.8 Å². The van der Waals surface area contributed by atoms with E-state index >= 15 is 0 Å². The molecule has 3 N–H and O–H groups in total. The molecule has 0 aromatic carbocycles. The van der Waals surface area contributed by atoms with Crippen LogP contribution in [0, 0.1) is 0 Å². The first-order valence-electron chi connectivity index (χ1n) is 8.48. The van der Waals surface area contributed by atoms with Crippen molar-refractivity contribution in [3.63, 3.8) is 0 Å². The van der Waals surface area contributed by atoms with E-state index in [4.69, 9.17) is 10.7 Å². The van der Waals surface area contributed by atoms with Crippen LogP contribution in [0.1, 0.15) is 29.2 Å². The van der Waals surface area contributed by atoms with Gasteiger partial charge >= 0.3 is 5.97 Å². The summed E-state index contributed by atoms with van der Waals surface area (Å²) in [7, 11) is 2.08. The summed E-state index contributed by atoms with van der Waals surface area (Å²) in [5, 5.41) is 9.61. The Kier molecular flexibility index (Phi) is 6.24. The van der Waals surface area contributed by atoms with Gasteiger partial charge in [-0.15, -0.1) is 24.8 Å². The highest BCUT2D eigenvalue weighted by Crippen LogP contribution is 2.37. The van der Waals surface area contributed by atoms with Crippen LogP contribution in [0.4, 0.5) is 11.5 Å². The van der Waals surface area contributed by atoms with Crippen LogP contribution in [0.2, 0.25) is 0 Å². The number of pyridine rings is 2. The number of hydrogen-bond acceptors (Lipinski definition) is 6. The minimum atomic E-state index is -1.22. The summed E-state index contributed by atoms with van der Waals surface area (Å²) in [6.45, 7) is 3.49. The van der Waals surface area contributed by atoms with Gasteiger partial charge in [0.25, 0.3) is 0 Å². The standard InChI is InChI=1S/C17H21N5O3.2ClH/c1-20-4-6-21(7-5-20)16-13(18)8-11-14(23)12(17(24)25)9-22(10-2-3-10)15(11)19-16;;/h8-10H,2-7,18H2,1H3,(H,24,25);2*1H. The third-order valence-corrected chi connectivity index (χ3v) is 4.99. The van der Waals surface area contributed by atoms with Gasteiger partial charge in [-0.25, -0.2) is 9.78 Å². The van der Waals surface area contributed by atoms with Crippen LogP contribution in [0.3, 0.4) is 0 Å². The average Bonchev–Trinajstić information content (AvgIpc) is 3.41. The van der Waals surface area contributed by atoms with E-state index in [-0.39, 0.29) is 41.8 Å². The van der Waals surface area contributed by atoms with Crippen molar-refractivity contribution in [2.75, 3.05) is 43.9 Å². The molecule has 2 aromatic rings. The number of nitrogen functional groups attached to an aromatic ring is 1. The first-order chi connectivity index (χ1) is 12.0. The highest BCUT2D eigenvalue weighted by molar-refractivity contribution is 5.93. The number of nitrogens with two attached hydrogens (primary N) is 1. The monoisotopic (exact) mass is 415 g/mol. The summed E-state index contributed by atoms with van der Waals surface area (Å²) in [6.07, 6.45) is 3.36. The minimum Gasteiger partial charge on any atom is -0.477 e. The van der Waals surface area contributed by atoms with Crippen LogP contribution >= 0.6 is 24.8 Å². The number of nitrogens with zero attached hydrogens (tertiary/aromatic N) is 4. The fraction of sp³-hybridized carbons (Fsp3) is 0.471. The molecule has 2 fully saturated rings. The third kappa shape index (κ3) is 3.83. The number of carbonyl (C=O) groups is 1. The zero-order valence-electron chi connectivity index (χ0n) is 14.9. The van der Waals surface area contributed by atoms with E-state index in [1.807, 2.05) is 4.57 Å². The van der Waals surface area contributed by atoms with Crippen LogP contribution in [-0.2, 0) is 0 Å². The second-order valence-electron chi connectivity index (χ2n) is 6.88. The summed E-state index contributed by atoms with van der Waals surface area (Å²) >= 11 is 0. The van der Waals surface area contributed by atoms with Crippen molar-refractivity contribution in [1.29, 1.82) is 0 Å². The predicted molar refractivity (Wildman–Crippen MR) is 110 cm³/mol. The van der Waals surface area contributed by atoms with Gasteiger partial charge in [0, 0.05) is 38.4 Å². The molecule has 1 aliphatic heterocycles. The molecule has 1 aliphatic carbocycles. The largest absolute Gasteiger partial charge is 0.477 e. The first-order valence-corrected chi connectivity index (χ1v) is 8.48. The molecule has 0 bridgehead atoms. The Morgan fingerprint density at radius 1 is 1.22 bits per heavy atom. The summed E-state index contributed by atoms with van der Waals surface area (Å²) < 4.78 is 1.83. The molecular formula is C17H23Cl2N5O3. The lowest BCUT2D eigenvalue weighted by Crippen LogP contribution is -2.45. The Bertz CT molecular complexity index is 921. The molecule has 0 spiro atoms. The lowest BCUT2D eigenvalue weighted by molar-refractivity contribution is 0.0695. The third-order valence-electron chi connectivity index (χ3n) is 4.99. The number of anilines is 2. The van der Waals surface area contributed by atoms with Gasteiger partial charge < -0.3 is 25.2 Å². The number of halogens is 2. The predicted octanol–water partition coefficient (Wildman–Crippen LogP) is 1.61. The Morgan fingerprint density at radius 3 is 2.41 bits per heavy atom. The van der Waals surface area contributed by atoms with Gasteiger partial charge in [0.1, 0.15) is 11.2 Å². The maximum absolute atomic E-state index is 12.5. The average molecular weight is 416 g/mol. The van der Waals surface area contributed by atoms with Gasteiger partial charge in [-0.2, -0.15) is 0 Å². The summed E-state index contributed by atoms with van der Waals surface area (Å²) in [5.74, 6) is -0.541. The summed E-state index contributed by atoms with van der Waals surface area (Å²) in [6, 6.07) is 1.79. The molecule has 27 heavy (non-hydrogen) atoms. The van der Waals surface area contributed by atoms with Crippen molar-refractivity contribution in [2.45, 2.75) is 18.9 Å². The number of rotatable bonds is 3. The molecule has 3 heterocycles. The topological polar surface area (TPSA) is 105 Å². The second-order valence-corrected chi connectivity index (χ2v) is 6.88. The van der Waals surface area contributed by atoms with Crippen LogP contribution in [0.5, 0.6) is 0 Å². The number of fused-ring (bicyclic) bond motifs is 1. The fourth-order valence-corrected chi connectivity index (χ4v) is 3.33. The summed E-state index contributed by atoms with van der Waals surface area (Å²) in [4.78, 5) is 33.0. The van der Waals surface area contributed by atoms with Crippen molar-refractivity contribution in [3.05, 3.63) is 28.0 Å². The van der Waals surface area contributed by atoms with E-state index in [1.165, 1.54) is 6.20 Å². The fourth-order valence-electron chi connectivity index (χ4n) is 3.33. The molecule has 1 saturated carbocycles. The van der Waals surface area contributed by atoms with E-state index in [0.29, 0.717) is 17.2 Å². The smallest absolute Gasteiger partial charge is 0.341 e. The number of aromatic nitrogens is 2. The maximum atomic E-state index is 12.5. The van der Waals surface area contributed by atoms with Gasteiger partial charge in [0.2, 0.25) is 5.43 Å². The zero-order chi connectivity index (χ0) is 17.7. The molecule has 4 rings (SSSR count). The maximum Gasteiger partial charge on any atom is 0.341 e. The van der Waals surface area contributed by atoms with Gasteiger partial charge in [-0.05, 0) is 26.0 Å². The Hall–Kier alpha value is -2.03. The SMILES string of the molecule is CN1CCN(c2nc3c(cc2N)c(=O)c(C(=O)O)cn3C2CC2)CC1.Cl.Cl. The molecule has 10 heteroatoms. The Morgan fingerprint density at radius 2 is 1.85 bits per heavy atom. The minimum absolute atomic E-state index is 0.